The number of ether oxygens (including phenoxy) is 2. The summed E-state index contributed by atoms with van der Waals surface area (Å²) in [6.07, 6.45) is 10.3. The standard InChI is InChI=1S/C29H24N2O2/c1-32-24-12-6-20(7-13-24)3-4-22-10-16-27-26(19-22)28-23(17-18-30-29(28)31-27)11-5-21-8-14-25(33-2)15-9-21/h3-19H,1-2H3,(H,30,31). The molecule has 0 aliphatic rings. The Bertz CT molecular complexity index is 1460. The van der Waals surface area contributed by atoms with Gasteiger partial charge in [-0.3, -0.25) is 0 Å². The average Bonchev–Trinajstić information content (AvgIpc) is 3.25. The van der Waals surface area contributed by atoms with E-state index in [4.69, 9.17) is 9.47 Å². The monoisotopic (exact) mass is 432 g/mol. The molecule has 162 valence electrons. The van der Waals surface area contributed by atoms with Gasteiger partial charge >= 0.3 is 0 Å². The molecular formula is C29H24N2O2. The van der Waals surface area contributed by atoms with Crippen LogP contribution in [0.4, 0.5) is 0 Å². The van der Waals surface area contributed by atoms with Crippen LogP contribution in [0.15, 0.2) is 79.0 Å². The highest BCUT2D eigenvalue weighted by molar-refractivity contribution is 6.10. The van der Waals surface area contributed by atoms with E-state index in [0.29, 0.717) is 0 Å². The molecule has 0 saturated carbocycles. The van der Waals surface area contributed by atoms with Gasteiger partial charge in [-0.2, -0.15) is 0 Å². The number of benzene rings is 3. The number of aromatic nitrogens is 2. The second-order valence-corrected chi connectivity index (χ2v) is 7.77. The Balaban J connectivity index is 1.50. The first-order valence-corrected chi connectivity index (χ1v) is 10.8. The third-order valence-electron chi connectivity index (χ3n) is 5.70. The zero-order chi connectivity index (χ0) is 22.6. The number of H-pyrrole nitrogens is 1. The molecule has 0 unspecified atom stereocenters. The van der Waals surface area contributed by atoms with Gasteiger partial charge in [-0.05, 0) is 64.7 Å². The van der Waals surface area contributed by atoms with Crippen LogP contribution in [0.1, 0.15) is 22.3 Å². The first-order valence-electron chi connectivity index (χ1n) is 10.8. The fourth-order valence-corrected chi connectivity index (χ4v) is 3.91. The third-order valence-corrected chi connectivity index (χ3v) is 5.70. The summed E-state index contributed by atoms with van der Waals surface area (Å²) in [5.74, 6) is 1.71. The van der Waals surface area contributed by atoms with E-state index >= 15 is 0 Å². The van der Waals surface area contributed by atoms with E-state index in [1.54, 1.807) is 14.2 Å². The Kier molecular flexibility index (Phi) is 5.64. The van der Waals surface area contributed by atoms with E-state index < -0.39 is 0 Å². The molecule has 1 N–H and O–H groups in total. The van der Waals surface area contributed by atoms with Crippen LogP contribution in [-0.2, 0) is 0 Å². The van der Waals surface area contributed by atoms with Crippen molar-refractivity contribution in [1.82, 2.24) is 9.97 Å². The van der Waals surface area contributed by atoms with Crippen molar-refractivity contribution in [3.8, 4) is 11.5 Å². The molecule has 0 saturated heterocycles. The van der Waals surface area contributed by atoms with E-state index in [1.165, 1.54) is 0 Å². The van der Waals surface area contributed by atoms with Gasteiger partial charge in [-0.25, -0.2) is 4.98 Å². The van der Waals surface area contributed by atoms with Crippen LogP contribution in [0.2, 0.25) is 0 Å². The van der Waals surface area contributed by atoms with Crippen LogP contribution in [0.3, 0.4) is 0 Å². The molecule has 0 atom stereocenters. The first-order chi connectivity index (χ1) is 16.2. The number of nitrogens with one attached hydrogen (secondary N) is 1. The summed E-state index contributed by atoms with van der Waals surface area (Å²) < 4.78 is 10.5. The number of fused-ring (bicyclic) bond motifs is 3. The lowest BCUT2D eigenvalue weighted by atomic mass is 10.0. The summed E-state index contributed by atoms with van der Waals surface area (Å²) in [6, 6.07) is 24.5. The van der Waals surface area contributed by atoms with Crippen molar-refractivity contribution in [2.24, 2.45) is 0 Å². The molecule has 0 aliphatic heterocycles. The van der Waals surface area contributed by atoms with E-state index in [1.807, 2.05) is 54.7 Å². The Morgan fingerprint density at radius 3 is 1.88 bits per heavy atom. The van der Waals surface area contributed by atoms with E-state index in [2.05, 4.69) is 58.5 Å². The summed E-state index contributed by atoms with van der Waals surface area (Å²) in [4.78, 5) is 8.01. The van der Waals surface area contributed by atoms with Crippen LogP contribution in [0.25, 0.3) is 46.2 Å². The van der Waals surface area contributed by atoms with Gasteiger partial charge in [0.25, 0.3) is 0 Å². The fraction of sp³-hybridized carbons (Fsp3) is 0.0690. The Morgan fingerprint density at radius 1 is 0.667 bits per heavy atom. The number of methoxy groups -OCH3 is 2. The van der Waals surface area contributed by atoms with Gasteiger partial charge in [0.1, 0.15) is 17.1 Å². The van der Waals surface area contributed by atoms with Crippen LogP contribution in [0.5, 0.6) is 11.5 Å². The minimum Gasteiger partial charge on any atom is -0.497 e. The SMILES string of the molecule is COc1ccc(C=Cc2ccc3[nH]c4nccc(C=Cc5ccc(OC)cc5)c4c3c2)cc1. The van der Waals surface area contributed by atoms with Crippen molar-refractivity contribution in [1.29, 1.82) is 0 Å². The lowest BCUT2D eigenvalue weighted by Gasteiger charge is -2.01. The molecule has 5 aromatic rings. The highest BCUT2D eigenvalue weighted by atomic mass is 16.5. The number of aromatic amines is 1. The third kappa shape index (κ3) is 4.37. The zero-order valence-electron chi connectivity index (χ0n) is 18.6. The van der Waals surface area contributed by atoms with E-state index in [9.17, 15) is 0 Å². The molecule has 5 rings (SSSR count). The van der Waals surface area contributed by atoms with E-state index in [0.717, 1.165) is 55.7 Å². The normalized spacial score (nSPS) is 11.7. The van der Waals surface area contributed by atoms with Crippen LogP contribution in [0, 0.1) is 0 Å². The summed E-state index contributed by atoms with van der Waals surface area (Å²) in [5, 5.41) is 2.28. The van der Waals surface area contributed by atoms with Gasteiger partial charge in [0, 0.05) is 22.5 Å². The minimum atomic E-state index is 0.852. The zero-order valence-corrected chi connectivity index (χ0v) is 18.6. The number of hydrogen-bond acceptors (Lipinski definition) is 3. The Labute approximate surface area is 192 Å². The molecule has 0 fully saturated rings. The number of rotatable bonds is 6. The lowest BCUT2D eigenvalue weighted by molar-refractivity contribution is 0.414. The summed E-state index contributed by atoms with van der Waals surface area (Å²) >= 11 is 0. The van der Waals surface area contributed by atoms with Crippen molar-refractivity contribution >= 4 is 46.2 Å². The van der Waals surface area contributed by atoms with Crippen LogP contribution >= 0.6 is 0 Å². The maximum absolute atomic E-state index is 5.25. The number of nitrogens with zero attached hydrogens (tertiary/aromatic N) is 1. The van der Waals surface area contributed by atoms with Gasteiger partial charge in [0.2, 0.25) is 0 Å². The van der Waals surface area contributed by atoms with Gasteiger partial charge in [-0.15, -0.1) is 0 Å². The Morgan fingerprint density at radius 2 is 1.24 bits per heavy atom. The fourth-order valence-electron chi connectivity index (χ4n) is 3.91. The molecule has 0 aliphatic carbocycles. The molecule has 0 radical (unpaired) electrons. The van der Waals surface area contributed by atoms with Crippen molar-refractivity contribution in [3.05, 3.63) is 101 Å². The summed E-state index contributed by atoms with van der Waals surface area (Å²) in [7, 11) is 3.35. The highest BCUT2D eigenvalue weighted by Crippen LogP contribution is 2.30. The van der Waals surface area contributed by atoms with Gasteiger partial charge < -0.3 is 14.5 Å². The molecule has 0 bridgehead atoms. The highest BCUT2D eigenvalue weighted by Gasteiger charge is 2.09. The van der Waals surface area contributed by atoms with Crippen LogP contribution in [-0.4, -0.2) is 24.2 Å². The van der Waals surface area contributed by atoms with Gasteiger partial charge in [-0.1, -0.05) is 54.6 Å². The maximum Gasteiger partial charge on any atom is 0.138 e. The molecule has 0 spiro atoms. The largest absolute Gasteiger partial charge is 0.497 e. The molecular weight excluding hydrogens is 408 g/mol. The maximum atomic E-state index is 5.25. The predicted molar refractivity (Wildman–Crippen MR) is 137 cm³/mol. The van der Waals surface area contributed by atoms with Crippen molar-refractivity contribution in [2.75, 3.05) is 14.2 Å². The molecule has 4 nitrogen and oxygen atoms in total. The number of pyridine rings is 1. The Hall–Kier alpha value is -4.31. The molecule has 0 amide bonds. The summed E-state index contributed by atoms with van der Waals surface area (Å²) in [5.41, 5.74) is 6.46. The topological polar surface area (TPSA) is 47.1 Å². The smallest absolute Gasteiger partial charge is 0.138 e. The quantitative estimate of drug-likeness (QED) is 0.292. The second kappa shape index (κ2) is 9.05. The second-order valence-electron chi connectivity index (χ2n) is 7.77. The molecule has 33 heavy (non-hydrogen) atoms. The minimum absolute atomic E-state index is 0.852. The molecule has 3 aromatic carbocycles. The molecule has 2 aromatic heterocycles. The van der Waals surface area contributed by atoms with Gasteiger partial charge in [0.15, 0.2) is 0 Å². The van der Waals surface area contributed by atoms with Crippen molar-refractivity contribution < 1.29 is 9.47 Å². The lowest BCUT2D eigenvalue weighted by Crippen LogP contribution is -1.82. The van der Waals surface area contributed by atoms with E-state index in [-0.39, 0.29) is 0 Å². The van der Waals surface area contributed by atoms with Crippen molar-refractivity contribution in [3.63, 3.8) is 0 Å². The predicted octanol–water partition coefficient (Wildman–Crippen LogP) is 7.07. The number of hydrogen-bond donors (Lipinski definition) is 1. The van der Waals surface area contributed by atoms with Gasteiger partial charge in [0.05, 0.1) is 14.2 Å². The average molecular weight is 433 g/mol. The first kappa shape index (κ1) is 20.6. The molecule has 2 heterocycles. The van der Waals surface area contributed by atoms with Crippen LogP contribution < -0.4 is 9.47 Å². The van der Waals surface area contributed by atoms with Crippen molar-refractivity contribution in [2.45, 2.75) is 0 Å². The summed E-state index contributed by atoms with van der Waals surface area (Å²) in [6.45, 7) is 0. The molecule has 4 heteroatoms.